The van der Waals surface area contributed by atoms with Crippen LogP contribution in [-0.2, 0) is 16.8 Å². The van der Waals surface area contributed by atoms with Crippen molar-refractivity contribution in [1.82, 2.24) is 4.57 Å². The van der Waals surface area contributed by atoms with Crippen molar-refractivity contribution < 1.29 is 4.79 Å². The van der Waals surface area contributed by atoms with Gasteiger partial charge in [0.15, 0.2) is 5.78 Å². The fourth-order valence-corrected chi connectivity index (χ4v) is 2.79. The van der Waals surface area contributed by atoms with Gasteiger partial charge in [-0.05, 0) is 48.3 Å². The van der Waals surface area contributed by atoms with Gasteiger partial charge >= 0.3 is 0 Å². The second kappa shape index (κ2) is 6.51. The summed E-state index contributed by atoms with van der Waals surface area (Å²) in [6.45, 7) is 5.36. The molecular weight excluding hydrogens is 356 g/mol. The highest BCUT2D eigenvalue weighted by atomic mass is 79.9. The molecule has 0 N–H and O–H groups in total. The summed E-state index contributed by atoms with van der Waals surface area (Å²) in [5.74, 6) is -0.0871. The molecule has 0 aliphatic rings. The first-order chi connectivity index (χ1) is 10.8. The Hall–Kier alpha value is -2.19. The van der Waals surface area contributed by atoms with E-state index >= 15 is 0 Å². The molecule has 4 nitrogen and oxygen atoms in total. The molecule has 118 valence electrons. The molecule has 0 bridgehead atoms. The maximum atomic E-state index is 12.8. The van der Waals surface area contributed by atoms with Crippen LogP contribution in [0.4, 0.5) is 0 Å². The summed E-state index contributed by atoms with van der Waals surface area (Å²) in [6.07, 6.45) is 0. The van der Waals surface area contributed by atoms with Crippen LogP contribution in [0.25, 0.3) is 0 Å². The van der Waals surface area contributed by atoms with Crippen LogP contribution >= 0.6 is 15.9 Å². The Morgan fingerprint density at radius 2 is 1.91 bits per heavy atom. The molecule has 0 fully saturated rings. The van der Waals surface area contributed by atoms with Gasteiger partial charge in [0, 0.05) is 10.2 Å². The number of carbonyl (C=O) groups is 1. The lowest BCUT2D eigenvalue weighted by Crippen LogP contribution is -2.36. The molecule has 1 aromatic heterocycles. The number of nitrogens with zero attached hydrogens (tertiary/aromatic N) is 2. The van der Waals surface area contributed by atoms with E-state index in [2.05, 4.69) is 15.9 Å². The number of pyridine rings is 1. The predicted molar refractivity (Wildman–Crippen MR) is 92.3 cm³/mol. The summed E-state index contributed by atoms with van der Waals surface area (Å²) in [5.41, 5.74) is 0.387. The number of hydrogen-bond donors (Lipinski definition) is 0. The highest BCUT2D eigenvalue weighted by molar-refractivity contribution is 9.10. The molecule has 2 rings (SSSR count). The molecule has 0 amide bonds. The van der Waals surface area contributed by atoms with Crippen molar-refractivity contribution >= 4 is 21.7 Å². The Kier molecular flexibility index (Phi) is 4.86. The first kappa shape index (κ1) is 17.2. The Morgan fingerprint density at radius 1 is 1.30 bits per heavy atom. The van der Waals surface area contributed by atoms with Gasteiger partial charge in [-0.25, -0.2) is 0 Å². The number of aromatic nitrogens is 1. The van der Waals surface area contributed by atoms with Crippen molar-refractivity contribution in [3.8, 4) is 6.07 Å². The standard InChI is InChI=1S/C18H17BrN2O2/c1-12-15(19)9-13(10-20)17(23)21(12)11-16(22)18(2,3)14-7-5-4-6-8-14/h4-9H,11H2,1-3H3. The van der Waals surface area contributed by atoms with Gasteiger partial charge < -0.3 is 4.57 Å². The Balaban J connectivity index is 2.44. The normalized spacial score (nSPS) is 11.1. The topological polar surface area (TPSA) is 62.9 Å². The Labute approximate surface area is 143 Å². The van der Waals surface area contributed by atoms with Crippen LogP contribution in [0.15, 0.2) is 45.7 Å². The lowest BCUT2D eigenvalue weighted by atomic mass is 9.80. The predicted octanol–water partition coefficient (Wildman–Crippen LogP) is 3.34. The molecule has 0 spiro atoms. The summed E-state index contributed by atoms with van der Waals surface area (Å²) in [4.78, 5) is 25.1. The molecular formula is C18H17BrN2O2. The third-order valence-electron chi connectivity index (χ3n) is 4.11. The van der Waals surface area contributed by atoms with Gasteiger partial charge in [-0.15, -0.1) is 0 Å². The van der Waals surface area contributed by atoms with E-state index in [1.807, 2.05) is 50.2 Å². The van der Waals surface area contributed by atoms with Gasteiger partial charge in [-0.1, -0.05) is 30.3 Å². The van der Waals surface area contributed by atoms with E-state index in [0.717, 1.165) is 5.56 Å². The minimum atomic E-state index is -0.720. The van der Waals surface area contributed by atoms with Gasteiger partial charge in [0.2, 0.25) is 0 Å². The van der Waals surface area contributed by atoms with E-state index in [9.17, 15) is 9.59 Å². The van der Waals surface area contributed by atoms with Crippen LogP contribution in [0, 0.1) is 18.3 Å². The van der Waals surface area contributed by atoms with Gasteiger partial charge in [0.1, 0.15) is 11.6 Å². The molecule has 1 aromatic carbocycles. The number of rotatable bonds is 4. The third-order valence-corrected chi connectivity index (χ3v) is 4.91. The summed E-state index contributed by atoms with van der Waals surface area (Å²) in [7, 11) is 0. The van der Waals surface area contributed by atoms with E-state index < -0.39 is 11.0 Å². The average Bonchev–Trinajstić information content (AvgIpc) is 2.55. The molecule has 0 saturated heterocycles. The van der Waals surface area contributed by atoms with Gasteiger partial charge in [0.05, 0.1) is 12.0 Å². The lowest BCUT2D eigenvalue weighted by Gasteiger charge is -2.25. The van der Waals surface area contributed by atoms with Gasteiger partial charge in [0.25, 0.3) is 5.56 Å². The minimum Gasteiger partial charge on any atom is -0.303 e. The SMILES string of the molecule is Cc1c(Br)cc(C#N)c(=O)n1CC(=O)C(C)(C)c1ccccc1. The fraction of sp³-hybridized carbons (Fsp3) is 0.278. The van der Waals surface area contributed by atoms with E-state index in [1.165, 1.54) is 10.6 Å². The van der Waals surface area contributed by atoms with Crippen LogP contribution in [-0.4, -0.2) is 10.4 Å². The number of halogens is 1. The van der Waals surface area contributed by atoms with Crippen molar-refractivity contribution in [3.63, 3.8) is 0 Å². The van der Waals surface area contributed by atoms with Crippen LogP contribution in [0.5, 0.6) is 0 Å². The largest absolute Gasteiger partial charge is 0.303 e. The van der Waals surface area contributed by atoms with Crippen LogP contribution in [0.1, 0.15) is 30.7 Å². The molecule has 0 aliphatic heterocycles. The summed E-state index contributed by atoms with van der Waals surface area (Å²) in [6, 6.07) is 12.8. The summed E-state index contributed by atoms with van der Waals surface area (Å²) < 4.78 is 1.99. The van der Waals surface area contributed by atoms with Crippen LogP contribution in [0.3, 0.4) is 0 Å². The molecule has 0 saturated carbocycles. The van der Waals surface area contributed by atoms with Gasteiger partial charge in [-0.3, -0.25) is 9.59 Å². The van der Waals surface area contributed by atoms with Crippen molar-refractivity contribution in [2.75, 3.05) is 0 Å². The molecule has 5 heteroatoms. The number of carbonyl (C=O) groups excluding carboxylic acids is 1. The van der Waals surface area contributed by atoms with Crippen molar-refractivity contribution in [3.05, 3.63) is 68.0 Å². The maximum Gasteiger partial charge on any atom is 0.269 e. The first-order valence-electron chi connectivity index (χ1n) is 7.18. The molecule has 0 unspecified atom stereocenters. The highest BCUT2D eigenvalue weighted by Gasteiger charge is 2.30. The van der Waals surface area contributed by atoms with Crippen LogP contribution in [0.2, 0.25) is 0 Å². The smallest absolute Gasteiger partial charge is 0.269 e. The highest BCUT2D eigenvalue weighted by Crippen LogP contribution is 2.25. The average molecular weight is 373 g/mol. The number of ketones is 1. The molecule has 0 atom stereocenters. The summed E-state index contributed by atoms with van der Waals surface area (Å²) in [5, 5.41) is 9.06. The second-order valence-electron chi connectivity index (χ2n) is 5.91. The second-order valence-corrected chi connectivity index (χ2v) is 6.76. The molecule has 23 heavy (non-hydrogen) atoms. The monoisotopic (exact) mass is 372 g/mol. The number of Topliss-reactive ketones (excluding diaryl/α,β-unsaturated/α-hetero) is 1. The molecule has 1 heterocycles. The fourth-order valence-electron chi connectivity index (χ4n) is 2.35. The molecule has 0 aliphatic carbocycles. The van der Waals surface area contributed by atoms with E-state index in [4.69, 9.17) is 5.26 Å². The number of nitriles is 1. The third kappa shape index (κ3) is 3.27. The van der Waals surface area contributed by atoms with E-state index in [-0.39, 0.29) is 17.9 Å². The van der Waals surface area contributed by atoms with E-state index in [1.54, 1.807) is 6.92 Å². The first-order valence-corrected chi connectivity index (χ1v) is 7.97. The van der Waals surface area contributed by atoms with Gasteiger partial charge in [-0.2, -0.15) is 5.26 Å². The van der Waals surface area contributed by atoms with E-state index in [0.29, 0.717) is 10.2 Å². The maximum absolute atomic E-state index is 12.8. The van der Waals surface area contributed by atoms with Crippen molar-refractivity contribution in [2.24, 2.45) is 0 Å². The molecule has 2 aromatic rings. The zero-order valence-corrected chi connectivity index (χ0v) is 14.8. The van der Waals surface area contributed by atoms with Crippen molar-refractivity contribution in [2.45, 2.75) is 32.7 Å². The number of hydrogen-bond acceptors (Lipinski definition) is 3. The molecule has 0 radical (unpaired) electrons. The zero-order chi connectivity index (χ0) is 17.2. The zero-order valence-electron chi connectivity index (χ0n) is 13.3. The van der Waals surface area contributed by atoms with Crippen molar-refractivity contribution in [1.29, 1.82) is 5.26 Å². The minimum absolute atomic E-state index is 0.0211. The quantitative estimate of drug-likeness (QED) is 0.826. The number of benzene rings is 1. The lowest BCUT2D eigenvalue weighted by molar-refractivity contribution is -0.124. The Bertz CT molecular complexity index is 846. The summed E-state index contributed by atoms with van der Waals surface area (Å²) >= 11 is 3.34. The van der Waals surface area contributed by atoms with Crippen LogP contribution < -0.4 is 5.56 Å². The Morgan fingerprint density at radius 3 is 2.48 bits per heavy atom.